The summed E-state index contributed by atoms with van der Waals surface area (Å²) in [6, 6.07) is 10.7. The molecule has 2 aromatic carbocycles. The van der Waals surface area contributed by atoms with Gasteiger partial charge in [0.25, 0.3) is 5.91 Å². The van der Waals surface area contributed by atoms with Crippen molar-refractivity contribution in [2.75, 3.05) is 11.9 Å². The minimum atomic E-state index is -0.192. The topological polar surface area (TPSA) is 61.4 Å². The number of aromatic hydroxyl groups is 1. The van der Waals surface area contributed by atoms with Crippen molar-refractivity contribution in [2.45, 2.75) is 13.0 Å². The van der Waals surface area contributed by atoms with Crippen LogP contribution in [0.5, 0.6) is 5.75 Å². The molecular weight excluding hydrogens is 332 g/mol. The predicted molar refractivity (Wildman–Crippen MR) is 85.6 cm³/mol. The molecule has 0 unspecified atom stereocenters. The van der Waals surface area contributed by atoms with Crippen molar-refractivity contribution >= 4 is 27.5 Å². The van der Waals surface area contributed by atoms with Crippen molar-refractivity contribution in [3.8, 4) is 5.75 Å². The largest absolute Gasteiger partial charge is 0.506 e. The number of carbonyl (C=O) groups excluding carboxylic acids is 1. The van der Waals surface area contributed by atoms with Crippen LogP contribution in [0.1, 0.15) is 21.5 Å². The number of carbonyl (C=O) groups is 1. The molecule has 0 spiro atoms. The zero-order valence-electron chi connectivity index (χ0n) is 11.3. The van der Waals surface area contributed by atoms with Crippen molar-refractivity contribution in [1.82, 2.24) is 5.32 Å². The number of hydrogen-bond acceptors (Lipinski definition) is 3. The van der Waals surface area contributed by atoms with E-state index in [1.807, 2.05) is 18.2 Å². The van der Waals surface area contributed by atoms with Crippen LogP contribution < -0.4 is 10.6 Å². The van der Waals surface area contributed by atoms with E-state index in [0.717, 1.165) is 35.1 Å². The molecule has 3 N–H and O–H groups in total. The van der Waals surface area contributed by atoms with E-state index in [1.54, 1.807) is 18.2 Å². The van der Waals surface area contributed by atoms with Gasteiger partial charge in [-0.05, 0) is 48.4 Å². The molecule has 1 aliphatic rings. The highest BCUT2D eigenvalue weighted by Crippen LogP contribution is 2.28. The van der Waals surface area contributed by atoms with Gasteiger partial charge >= 0.3 is 0 Å². The fraction of sp³-hybridized carbons (Fsp3) is 0.188. The zero-order chi connectivity index (χ0) is 14.8. The van der Waals surface area contributed by atoms with Gasteiger partial charge in [0.05, 0.1) is 5.69 Å². The molecule has 0 aromatic heterocycles. The Bertz CT molecular complexity index is 701. The molecule has 0 saturated heterocycles. The first-order valence-corrected chi connectivity index (χ1v) is 7.56. The molecule has 0 saturated carbocycles. The van der Waals surface area contributed by atoms with Crippen LogP contribution in [-0.2, 0) is 13.0 Å². The number of nitrogens with one attached hydrogen (secondary N) is 2. The van der Waals surface area contributed by atoms with Crippen molar-refractivity contribution in [3.63, 3.8) is 0 Å². The van der Waals surface area contributed by atoms with E-state index in [0.29, 0.717) is 11.3 Å². The number of amides is 1. The van der Waals surface area contributed by atoms with Gasteiger partial charge in [0.2, 0.25) is 0 Å². The first-order chi connectivity index (χ1) is 10.1. The molecule has 21 heavy (non-hydrogen) atoms. The van der Waals surface area contributed by atoms with Gasteiger partial charge in [-0.3, -0.25) is 4.79 Å². The number of fused-ring (bicyclic) bond motifs is 1. The van der Waals surface area contributed by atoms with E-state index < -0.39 is 0 Å². The summed E-state index contributed by atoms with van der Waals surface area (Å²) in [6.07, 6.45) is 0.837. The van der Waals surface area contributed by atoms with Crippen LogP contribution >= 0.6 is 15.9 Å². The molecule has 0 bridgehead atoms. The summed E-state index contributed by atoms with van der Waals surface area (Å²) in [5, 5.41) is 15.9. The lowest BCUT2D eigenvalue weighted by Crippen LogP contribution is -2.26. The lowest BCUT2D eigenvalue weighted by atomic mass is 9.95. The van der Waals surface area contributed by atoms with Gasteiger partial charge in [0.15, 0.2) is 0 Å². The first-order valence-electron chi connectivity index (χ1n) is 6.76. The maximum absolute atomic E-state index is 12.5. The standard InChI is InChI=1S/C16H15BrN2O2/c17-11-4-5-15(20)14(8-11)19-16(21)13-3-1-2-10-9-18-7-6-12(10)13/h1-5,8,18,20H,6-7,9H2,(H,19,21). The number of phenolic OH excluding ortho intramolecular Hbond substituents is 1. The fourth-order valence-corrected chi connectivity index (χ4v) is 2.90. The molecule has 1 amide bonds. The molecule has 3 rings (SSSR count). The smallest absolute Gasteiger partial charge is 0.256 e. The second kappa shape index (κ2) is 5.87. The molecule has 4 nitrogen and oxygen atoms in total. The summed E-state index contributed by atoms with van der Waals surface area (Å²) in [6.45, 7) is 1.66. The summed E-state index contributed by atoms with van der Waals surface area (Å²) < 4.78 is 0.801. The third-order valence-electron chi connectivity index (χ3n) is 3.59. The van der Waals surface area contributed by atoms with Crippen LogP contribution in [-0.4, -0.2) is 17.6 Å². The van der Waals surface area contributed by atoms with Crippen LogP contribution in [0.4, 0.5) is 5.69 Å². The SMILES string of the molecule is O=C(Nc1cc(Br)ccc1O)c1cccc2c1CCNC2. The number of phenols is 1. The van der Waals surface area contributed by atoms with Crippen molar-refractivity contribution < 1.29 is 9.90 Å². The van der Waals surface area contributed by atoms with Gasteiger partial charge in [-0.25, -0.2) is 0 Å². The highest BCUT2D eigenvalue weighted by Gasteiger charge is 2.18. The van der Waals surface area contributed by atoms with E-state index >= 15 is 0 Å². The van der Waals surface area contributed by atoms with Gasteiger partial charge in [0, 0.05) is 16.6 Å². The molecule has 1 aliphatic heterocycles. The van der Waals surface area contributed by atoms with Gasteiger partial charge in [-0.1, -0.05) is 28.1 Å². The maximum atomic E-state index is 12.5. The van der Waals surface area contributed by atoms with Crippen molar-refractivity contribution in [2.24, 2.45) is 0 Å². The zero-order valence-corrected chi connectivity index (χ0v) is 12.9. The van der Waals surface area contributed by atoms with E-state index in [-0.39, 0.29) is 11.7 Å². The third-order valence-corrected chi connectivity index (χ3v) is 4.08. The molecule has 1 heterocycles. The lowest BCUT2D eigenvalue weighted by Gasteiger charge is -2.20. The second-order valence-corrected chi connectivity index (χ2v) is 5.90. The molecule has 0 aliphatic carbocycles. The molecule has 5 heteroatoms. The number of rotatable bonds is 2. The first kappa shape index (κ1) is 14.1. The van der Waals surface area contributed by atoms with Crippen LogP contribution in [0.15, 0.2) is 40.9 Å². The second-order valence-electron chi connectivity index (χ2n) is 4.99. The highest BCUT2D eigenvalue weighted by molar-refractivity contribution is 9.10. The Balaban J connectivity index is 1.91. The fourth-order valence-electron chi connectivity index (χ4n) is 2.54. The van der Waals surface area contributed by atoms with E-state index in [4.69, 9.17) is 0 Å². The van der Waals surface area contributed by atoms with Crippen molar-refractivity contribution in [1.29, 1.82) is 0 Å². The van der Waals surface area contributed by atoms with Gasteiger partial charge in [0.1, 0.15) is 5.75 Å². The number of anilines is 1. The molecular formula is C16H15BrN2O2. The average molecular weight is 347 g/mol. The Labute approximate surface area is 131 Å². The third kappa shape index (κ3) is 2.94. The van der Waals surface area contributed by atoms with Gasteiger partial charge in [-0.15, -0.1) is 0 Å². The summed E-state index contributed by atoms with van der Waals surface area (Å²) in [4.78, 5) is 12.5. The van der Waals surface area contributed by atoms with Gasteiger partial charge < -0.3 is 15.7 Å². The quantitative estimate of drug-likeness (QED) is 0.732. The van der Waals surface area contributed by atoms with Crippen LogP contribution in [0.2, 0.25) is 0 Å². The van der Waals surface area contributed by atoms with E-state index in [9.17, 15) is 9.90 Å². The summed E-state index contributed by atoms with van der Waals surface area (Å²) in [5.41, 5.74) is 3.32. The Morgan fingerprint density at radius 2 is 2.14 bits per heavy atom. The molecule has 108 valence electrons. The Morgan fingerprint density at radius 1 is 1.29 bits per heavy atom. The predicted octanol–water partition coefficient (Wildman–Crippen LogP) is 3.05. The Hall–Kier alpha value is -1.85. The number of halogens is 1. The van der Waals surface area contributed by atoms with Crippen LogP contribution in [0, 0.1) is 0 Å². The minimum Gasteiger partial charge on any atom is -0.506 e. The molecule has 0 fully saturated rings. The Morgan fingerprint density at radius 3 is 3.00 bits per heavy atom. The number of benzene rings is 2. The van der Waals surface area contributed by atoms with Crippen LogP contribution in [0.3, 0.4) is 0 Å². The maximum Gasteiger partial charge on any atom is 0.256 e. The Kier molecular flexibility index (Phi) is 3.94. The van der Waals surface area contributed by atoms with Crippen molar-refractivity contribution in [3.05, 3.63) is 57.6 Å². The van der Waals surface area contributed by atoms with E-state index in [2.05, 4.69) is 26.6 Å². The lowest BCUT2D eigenvalue weighted by molar-refractivity contribution is 0.102. The molecule has 0 atom stereocenters. The molecule has 0 radical (unpaired) electrons. The summed E-state index contributed by atoms with van der Waals surface area (Å²) in [7, 11) is 0. The molecule has 2 aromatic rings. The minimum absolute atomic E-state index is 0.0537. The summed E-state index contributed by atoms with van der Waals surface area (Å²) in [5.74, 6) is -0.139. The highest BCUT2D eigenvalue weighted by atomic mass is 79.9. The van der Waals surface area contributed by atoms with E-state index in [1.165, 1.54) is 0 Å². The average Bonchev–Trinajstić information content (AvgIpc) is 2.50. The monoisotopic (exact) mass is 346 g/mol. The normalized spacial score (nSPS) is 13.6. The summed E-state index contributed by atoms with van der Waals surface area (Å²) >= 11 is 3.33. The van der Waals surface area contributed by atoms with Crippen LogP contribution in [0.25, 0.3) is 0 Å². The van der Waals surface area contributed by atoms with Gasteiger partial charge in [-0.2, -0.15) is 0 Å². The number of hydrogen-bond donors (Lipinski definition) is 3.